The molecule has 1 N–H and O–H groups in total. The molecular weight excluding hydrogens is 374 g/mol. The Morgan fingerprint density at radius 3 is 2.36 bits per heavy atom. The minimum Gasteiger partial charge on any atom is -0.454 e. The molecule has 8 heteroatoms. The Balaban J connectivity index is 2.99. The fraction of sp³-hybridized carbons (Fsp3) is 0.429. The lowest BCUT2D eigenvalue weighted by Gasteiger charge is -2.16. The highest BCUT2D eigenvalue weighted by molar-refractivity contribution is 9.10. The molecule has 0 saturated carbocycles. The Morgan fingerprint density at radius 2 is 1.86 bits per heavy atom. The minimum atomic E-state index is -3.67. The van der Waals surface area contributed by atoms with Gasteiger partial charge in [0.1, 0.15) is 0 Å². The van der Waals surface area contributed by atoms with Crippen molar-refractivity contribution in [3.05, 3.63) is 28.2 Å². The van der Waals surface area contributed by atoms with Gasteiger partial charge in [-0.1, -0.05) is 20.8 Å². The van der Waals surface area contributed by atoms with Crippen LogP contribution in [0.4, 0.5) is 0 Å². The molecule has 122 valence electrons. The molecule has 22 heavy (non-hydrogen) atoms. The molecule has 0 aliphatic carbocycles. The van der Waals surface area contributed by atoms with Gasteiger partial charge in [-0.15, -0.1) is 0 Å². The summed E-state index contributed by atoms with van der Waals surface area (Å²) in [4.78, 5) is 23.7. The van der Waals surface area contributed by atoms with Crippen molar-refractivity contribution in [3.63, 3.8) is 0 Å². The van der Waals surface area contributed by atoms with E-state index in [2.05, 4.69) is 20.7 Å². The van der Waals surface area contributed by atoms with Crippen molar-refractivity contribution in [2.45, 2.75) is 25.7 Å². The normalized spacial score (nSPS) is 12.0. The van der Waals surface area contributed by atoms with E-state index in [4.69, 9.17) is 4.74 Å². The first-order valence-corrected chi connectivity index (χ1v) is 8.70. The van der Waals surface area contributed by atoms with Gasteiger partial charge in [0.05, 0.1) is 10.5 Å². The van der Waals surface area contributed by atoms with E-state index in [0.29, 0.717) is 4.47 Å². The Morgan fingerprint density at radius 1 is 1.27 bits per heavy atom. The summed E-state index contributed by atoms with van der Waals surface area (Å²) >= 11 is 3.17. The topological polar surface area (TPSA) is 89.5 Å². The number of ketones is 1. The van der Waals surface area contributed by atoms with Crippen LogP contribution >= 0.6 is 15.9 Å². The van der Waals surface area contributed by atoms with E-state index in [9.17, 15) is 18.0 Å². The molecule has 0 unspecified atom stereocenters. The van der Waals surface area contributed by atoms with E-state index in [1.165, 1.54) is 25.2 Å². The van der Waals surface area contributed by atoms with Crippen molar-refractivity contribution in [3.8, 4) is 0 Å². The van der Waals surface area contributed by atoms with E-state index in [1.54, 1.807) is 20.8 Å². The quantitative estimate of drug-likeness (QED) is 0.776. The number of nitrogens with one attached hydrogen (secondary N) is 1. The summed E-state index contributed by atoms with van der Waals surface area (Å²) in [6.07, 6.45) is 0. The molecule has 0 spiro atoms. The number of hydrogen-bond donors (Lipinski definition) is 1. The van der Waals surface area contributed by atoms with Crippen molar-refractivity contribution < 1.29 is 22.7 Å². The van der Waals surface area contributed by atoms with E-state index >= 15 is 0 Å². The SMILES string of the molecule is CNS(=O)(=O)c1ccc(Br)c(C(=O)OCC(=O)C(C)(C)C)c1. The number of Topliss-reactive ketones (excluding diaryl/α,β-unsaturated/α-hetero) is 1. The molecule has 0 aliphatic heterocycles. The Kier molecular flexibility index (Phi) is 5.89. The number of benzene rings is 1. The lowest BCUT2D eigenvalue weighted by atomic mass is 9.91. The first-order chi connectivity index (χ1) is 9.99. The van der Waals surface area contributed by atoms with E-state index in [1.807, 2.05) is 0 Å². The van der Waals surface area contributed by atoms with Gasteiger partial charge < -0.3 is 4.74 Å². The summed E-state index contributed by atoms with van der Waals surface area (Å²) in [6, 6.07) is 3.99. The number of esters is 1. The second kappa shape index (κ2) is 6.89. The van der Waals surface area contributed by atoms with Gasteiger partial charge in [0.25, 0.3) is 0 Å². The van der Waals surface area contributed by atoms with Gasteiger partial charge >= 0.3 is 5.97 Å². The van der Waals surface area contributed by atoms with Gasteiger partial charge in [0.15, 0.2) is 12.4 Å². The number of halogens is 1. The van der Waals surface area contributed by atoms with Gasteiger partial charge in [-0.05, 0) is 41.2 Å². The largest absolute Gasteiger partial charge is 0.454 e. The fourth-order valence-electron chi connectivity index (χ4n) is 1.37. The average Bonchev–Trinajstić information content (AvgIpc) is 2.43. The second-order valence-electron chi connectivity index (χ2n) is 5.60. The maximum absolute atomic E-state index is 12.0. The fourth-order valence-corrected chi connectivity index (χ4v) is 2.54. The molecule has 6 nitrogen and oxygen atoms in total. The molecule has 0 saturated heterocycles. The zero-order valence-corrected chi connectivity index (χ0v) is 15.2. The van der Waals surface area contributed by atoms with Crippen LogP contribution in [-0.4, -0.2) is 33.8 Å². The lowest BCUT2D eigenvalue weighted by Crippen LogP contribution is -2.26. The predicted molar refractivity (Wildman–Crippen MR) is 85.1 cm³/mol. The van der Waals surface area contributed by atoms with Crippen molar-refractivity contribution in [1.82, 2.24) is 4.72 Å². The third-order valence-corrected chi connectivity index (χ3v) is 5.01. The van der Waals surface area contributed by atoms with Crippen molar-refractivity contribution in [2.24, 2.45) is 5.41 Å². The van der Waals surface area contributed by atoms with Gasteiger partial charge in [0, 0.05) is 9.89 Å². The molecule has 0 amide bonds. The Bertz CT molecular complexity index is 692. The van der Waals surface area contributed by atoms with Crippen molar-refractivity contribution in [1.29, 1.82) is 0 Å². The summed E-state index contributed by atoms with van der Waals surface area (Å²) in [6.45, 7) is 4.80. The van der Waals surface area contributed by atoms with Crippen LogP contribution in [-0.2, 0) is 19.6 Å². The average molecular weight is 392 g/mol. The van der Waals surface area contributed by atoms with Crippen LogP contribution in [0, 0.1) is 5.41 Å². The molecular formula is C14H18BrNO5S. The molecule has 0 aliphatic rings. The van der Waals surface area contributed by atoms with Crippen LogP contribution in [0.3, 0.4) is 0 Å². The smallest absolute Gasteiger partial charge is 0.339 e. The van der Waals surface area contributed by atoms with Crippen LogP contribution in [0.5, 0.6) is 0 Å². The van der Waals surface area contributed by atoms with Crippen LogP contribution < -0.4 is 4.72 Å². The Labute approximate surface area is 138 Å². The maximum Gasteiger partial charge on any atom is 0.339 e. The highest BCUT2D eigenvalue weighted by Crippen LogP contribution is 2.22. The number of rotatable bonds is 5. The summed E-state index contributed by atoms with van der Waals surface area (Å²) in [7, 11) is -2.40. The molecule has 0 fully saturated rings. The number of sulfonamides is 1. The van der Waals surface area contributed by atoms with Gasteiger partial charge in [-0.25, -0.2) is 17.9 Å². The summed E-state index contributed by atoms with van der Waals surface area (Å²) < 4.78 is 31.0. The molecule has 0 heterocycles. The van der Waals surface area contributed by atoms with Crippen molar-refractivity contribution >= 4 is 37.7 Å². The monoisotopic (exact) mass is 391 g/mol. The Hall–Kier alpha value is -1.25. The lowest BCUT2D eigenvalue weighted by molar-refractivity contribution is -0.129. The highest BCUT2D eigenvalue weighted by Gasteiger charge is 2.24. The van der Waals surface area contributed by atoms with Gasteiger partial charge in [-0.3, -0.25) is 4.79 Å². The zero-order valence-electron chi connectivity index (χ0n) is 12.8. The third-order valence-electron chi connectivity index (χ3n) is 2.91. The highest BCUT2D eigenvalue weighted by atomic mass is 79.9. The van der Waals surface area contributed by atoms with E-state index in [-0.39, 0.29) is 22.8 Å². The van der Waals surface area contributed by atoms with Gasteiger partial charge in [-0.2, -0.15) is 0 Å². The van der Waals surface area contributed by atoms with Gasteiger partial charge in [0.2, 0.25) is 10.0 Å². The minimum absolute atomic E-state index is 0.0398. The molecule has 1 rings (SSSR count). The molecule has 1 aromatic carbocycles. The number of ether oxygens (including phenoxy) is 1. The van der Waals surface area contributed by atoms with Crippen molar-refractivity contribution in [2.75, 3.05) is 13.7 Å². The first-order valence-electron chi connectivity index (χ1n) is 6.42. The number of hydrogen-bond acceptors (Lipinski definition) is 5. The van der Waals surface area contributed by atoms with Crippen LogP contribution in [0.25, 0.3) is 0 Å². The summed E-state index contributed by atoms with van der Waals surface area (Å²) in [5, 5.41) is 0. The van der Waals surface area contributed by atoms with Crippen LogP contribution in [0.1, 0.15) is 31.1 Å². The molecule has 0 radical (unpaired) electrons. The molecule has 0 bridgehead atoms. The van der Waals surface area contributed by atoms with Crippen LogP contribution in [0.15, 0.2) is 27.6 Å². The molecule has 0 atom stereocenters. The number of carbonyl (C=O) groups is 2. The van der Waals surface area contributed by atoms with E-state index in [0.717, 1.165) is 0 Å². The summed E-state index contributed by atoms with van der Waals surface area (Å²) in [5.41, 5.74) is -0.576. The zero-order chi connectivity index (χ0) is 17.1. The maximum atomic E-state index is 12.0. The second-order valence-corrected chi connectivity index (χ2v) is 8.34. The first kappa shape index (κ1) is 18.8. The van der Waals surface area contributed by atoms with Crippen LogP contribution in [0.2, 0.25) is 0 Å². The predicted octanol–water partition coefficient (Wildman–Crippen LogP) is 2.13. The number of carbonyl (C=O) groups excluding carboxylic acids is 2. The molecule has 1 aromatic rings. The standard InChI is InChI=1S/C14H18BrNO5S/c1-14(2,3)12(17)8-21-13(18)10-7-9(5-6-11(10)15)22(19,20)16-4/h5-7,16H,8H2,1-4H3. The van der Waals surface area contributed by atoms with E-state index < -0.39 is 21.4 Å². The summed E-state index contributed by atoms with van der Waals surface area (Å²) in [5.74, 6) is -0.992. The molecule has 0 aromatic heterocycles. The third kappa shape index (κ3) is 4.62.